The molecule has 1 heterocycles. The van der Waals surface area contributed by atoms with E-state index >= 15 is 0 Å². The fourth-order valence-corrected chi connectivity index (χ4v) is 1.11. The number of carbonyl (C=O) groups is 3. The predicted molar refractivity (Wildman–Crippen MR) is 42.5 cm³/mol. The summed E-state index contributed by atoms with van der Waals surface area (Å²) in [5.41, 5.74) is 0. The molecule has 0 aromatic carbocycles. The first-order valence-corrected chi connectivity index (χ1v) is 3.74. The summed E-state index contributed by atoms with van der Waals surface area (Å²) >= 11 is 0. The van der Waals surface area contributed by atoms with Gasteiger partial charge in [-0.25, -0.2) is 0 Å². The van der Waals surface area contributed by atoms with Gasteiger partial charge in [0, 0.05) is 12.2 Å². The molecule has 0 aromatic heterocycles. The molecular formula is C8H9NO4. The van der Waals surface area contributed by atoms with Crippen LogP contribution in [0.1, 0.15) is 6.92 Å². The van der Waals surface area contributed by atoms with E-state index in [0.717, 1.165) is 17.1 Å². The van der Waals surface area contributed by atoms with Crippen LogP contribution in [-0.4, -0.2) is 40.3 Å². The number of Topliss-reactive ketones (excluding diaryl/α,β-unsaturated/α-hetero) is 1. The molecular weight excluding hydrogens is 174 g/mol. The van der Waals surface area contributed by atoms with Crippen molar-refractivity contribution in [2.24, 2.45) is 0 Å². The molecule has 2 amide bonds. The van der Waals surface area contributed by atoms with Gasteiger partial charge in [-0.05, 0) is 6.92 Å². The first-order valence-electron chi connectivity index (χ1n) is 3.74. The highest BCUT2D eigenvalue weighted by molar-refractivity contribution is 6.15. The van der Waals surface area contributed by atoms with Crippen LogP contribution in [0.25, 0.3) is 0 Å². The molecule has 1 aliphatic heterocycles. The largest absolute Gasteiger partial charge is 0.394 e. The summed E-state index contributed by atoms with van der Waals surface area (Å²) in [6.45, 7) is 0.689. The number of imide groups is 1. The lowest BCUT2D eigenvalue weighted by molar-refractivity contribution is -0.145. The summed E-state index contributed by atoms with van der Waals surface area (Å²) < 4.78 is 0. The van der Waals surface area contributed by atoms with Crippen LogP contribution in [0.4, 0.5) is 0 Å². The molecule has 0 spiro atoms. The quantitative estimate of drug-likeness (QED) is 0.561. The standard InChI is InChI=1S/C8H9NO4/c1-5(11)6(4-10)9-7(12)2-3-8(9)13/h2-3,6,10H,4H2,1H3. The maximum Gasteiger partial charge on any atom is 0.254 e. The number of carbonyl (C=O) groups excluding carboxylic acids is 3. The molecule has 1 aliphatic rings. The topological polar surface area (TPSA) is 74.7 Å². The van der Waals surface area contributed by atoms with E-state index in [4.69, 9.17) is 5.11 Å². The van der Waals surface area contributed by atoms with Crippen LogP contribution in [0.3, 0.4) is 0 Å². The van der Waals surface area contributed by atoms with Crippen molar-refractivity contribution in [2.75, 3.05) is 6.61 Å². The zero-order chi connectivity index (χ0) is 10.0. The minimum Gasteiger partial charge on any atom is -0.394 e. The summed E-state index contributed by atoms with van der Waals surface area (Å²) in [6, 6.07) is -1.05. The predicted octanol–water partition coefficient (Wildman–Crippen LogP) is -1.14. The fraction of sp³-hybridized carbons (Fsp3) is 0.375. The molecule has 0 aromatic rings. The number of rotatable bonds is 3. The van der Waals surface area contributed by atoms with Gasteiger partial charge in [0.1, 0.15) is 6.04 Å². The van der Waals surface area contributed by atoms with Crippen molar-refractivity contribution in [3.8, 4) is 0 Å². The van der Waals surface area contributed by atoms with Crippen LogP contribution < -0.4 is 0 Å². The van der Waals surface area contributed by atoms with Gasteiger partial charge in [-0.2, -0.15) is 0 Å². The number of aliphatic hydroxyl groups is 1. The van der Waals surface area contributed by atoms with Crippen molar-refractivity contribution in [1.29, 1.82) is 0 Å². The molecule has 0 bridgehead atoms. The van der Waals surface area contributed by atoms with Gasteiger partial charge in [0.05, 0.1) is 6.61 Å². The zero-order valence-corrected chi connectivity index (χ0v) is 7.06. The summed E-state index contributed by atoms with van der Waals surface area (Å²) in [4.78, 5) is 33.8. The van der Waals surface area contributed by atoms with E-state index in [1.807, 2.05) is 0 Å². The number of aliphatic hydroxyl groups excluding tert-OH is 1. The van der Waals surface area contributed by atoms with E-state index in [1.54, 1.807) is 0 Å². The molecule has 5 heteroatoms. The van der Waals surface area contributed by atoms with E-state index in [0.29, 0.717) is 0 Å². The molecule has 1 unspecified atom stereocenters. The van der Waals surface area contributed by atoms with Gasteiger partial charge in [-0.1, -0.05) is 0 Å². The third-order valence-electron chi connectivity index (χ3n) is 1.80. The van der Waals surface area contributed by atoms with Gasteiger partial charge in [-0.3, -0.25) is 19.3 Å². The average molecular weight is 183 g/mol. The Kier molecular flexibility index (Phi) is 2.57. The molecule has 1 atom stereocenters. The molecule has 1 N–H and O–H groups in total. The van der Waals surface area contributed by atoms with Crippen molar-refractivity contribution in [3.63, 3.8) is 0 Å². The summed E-state index contributed by atoms with van der Waals surface area (Å²) in [6.07, 6.45) is 2.15. The lowest BCUT2D eigenvalue weighted by atomic mass is 10.2. The Bertz CT molecular complexity index is 277. The number of hydrogen-bond acceptors (Lipinski definition) is 4. The average Bonchev–Trinajstić information content (AvgIpc) is 2.36. The molecule has 0 radical (unpaired) electrons. The number of ketones is 1. The number of hydrogen-bond donors (Lipinski definition) is 1. The van der Waals surface area contributed by atoms with Crippen molar-refractivity contribution in [3.05, 3.63) is 12.2 Å². The van der Waals surface area contributed by atoms with Crippen LogP contribution in [0.15, 0.2) is 12.2 Å². The second-order valence-electron chi connectivity index (χ2n) is 2.69. The molecule has 70 valence electrons. The summed E-state index contributed by atoms with van der Waals surface area (Å²) in [5.74, 6) is -1.52. The van der Waals surface area contributed by atoms with Crippen LogP contribution in [0.2, 0.25) is 0 Å². The Morgan fingerprint density at radius 2 is 1.92 bits per heavy atom. The van der Waals surface area contributed by atoms with Gasteiger partial charge in [0.25, 0.3) is 11.8 Å². The van der Waals surface area contributed by atoms with Crippen LogP contribution in [-0.2, 0) is 14.4 Å². The van der Waals surface area contributed by atoms with E-state index < -0.39 is 30.2 Å². The van der Waals surface area contributed by atoms with Crippen LogP contribution in [0.5, 0.6) is 0 Å². The fourth-order valence-electron chi connectivity index (χ4n) is 1.11. The van der Waals surface area contributed by atoms with Gasteiger partial charge in [0.2, 0.25) is 0 Å². The Morgan fingerprint density at radius 3 is 2.23 bits per heavy atom. The Labute approximate surface area is 74.6 Å². The minimum absolute atomic E-state index is 0.409. The monoisotopic (exact) mass is 183 g/mol. The van der Waals surface area contributed by atoms with Gasteiger partial charge in [-0.15, -0.1) is 0 Å². The van der Waals surface area contributed by atoms with E-state index in [-0.39, 0.29) is 0 Å². The van der Waals surface area contributed by atoms with Crippen molar-refractivity contribution in [2.45, 2.75) is 13.0 Å². The van der Waals surface area contributed by atoms with E-state index in [9.17, 15) is 14.4 Å². The minimum atomic E-state index is -1.05. The lowest BCUT2D eigenvalue weighted by Gasteiger charge is -2.21. The molecule has 13 heavy (non-hydrogen) atoms. The number of nitrogens with zero attached hydrogens (tertiary/aromatic N) is 1. The van der Waals surface area contributed by atoms with Gasteiger partial charge in [0.15, 0.2) is 5.78 Å². The molecule has 0 fully saturated rings. The second-order valence-corrected chi connectivity index (χ2v) is 2.69. The highest BCUT2D eigenvalue weighted by atomic mass is 16.3. The second kappa shape index (κ2) is 3.49. The normalized spacial score (nSPS) is 18.2. The Morgan fingerprint density at radius 1 is 1.46 bits per heavy atom. The van der Waals surface area contributed by atoms with E-state index in [2.05, 4.69) is 0 Å². The molecule has 5 nitrogen and oxygen atoms in total. The number of amides is 2. The van der Waals surface area contributed by atoms with Crippen molar-refractivity contribution < 1.29 is 19.5 Å². The van der Waals surface area contributed by atoms with Crippen LogP contribution >= 0.6 is 0 Å². The molecule has 0 saturated heterocycles. The highest BCUT2D eigenvalue weighted by Crippen LogP contribution is 2.09. The van der Waals surface area contributed by atoms with Crippen molar-refractivity contribution in [1.82, 2.24) is 4.90 Å². The third-order valence-corrected chi connectivity index (χ3v) is 1.80. The summed E-state index contributed by atoms with van der Waals surface area (Å²) in [7, 11) is 0. The smallest absolute Gasteiger partial charge is 0.254 e. The first kappa shape index (κ1) is 9.60. The van der Waals surface area contributed by atoms with Gasteiger partial charge >= 0.3 is 0 Å². The third kappa shape index (κ3) is 1.65. The molecule has 1 rings (SSSR count). The zero-order valence-electron chi connectivity index (χ0n) is 7.06. The highest BCUT2D eigenvalue weighted by Gasteiger charge is 2.33. The molecule has 0 saturated carbocycles. The Hall–Kier alpha value is -1.49. The van der Waals surface area contributed by atoms with Crippen molar-refractivity contribution >= 4 is 17.6 Å². The first-order chi connectivity index (χ1) is 6.07. The Balaban J connectivity index is 2.87. The van der Waals surface area contributed by atoms with Crippen LogP contribution in [0, 0.1) is 0 Å². The lowest BCUT2D eigenvalue weighted by Crippen LogP contribution is -2.46. The van der Waals surface area contributed by atoms with E-state index in [1.165, 1.54) is 6.92 Å². The van der Waals surface area contributed by atoms with Gasteiger partial charge < -0.3 is 5.11 Å². The molecule has 0 aliphatic carbocycles. The maximum atomic E-state index is 11.0. The maximum absolute atomic E-state index is 11.0. The SMILES string of the molecule is CC(=O)C(CO)N1C(=O)C=CC1=O. The summed E-state index contributed by atoms with van der Waals surface area (Å²) in [5, 5.41) is 8.80.